The average Bonchev–Trinajstić information content (AvgIpc) is 3.39. The molecule has 0 heterocycles. The highest BCUT2D eigenvalue weighted by molar-refractivity contribution is 5.86. The van der Waals surface area contributed by atoms with Gasteiger partial charge in [-0.2, -0.15) is 0 Å². The van der Waals surface area contributed by atoms with Gasteiger partial charge >= 0.3 is 5.97 Å². The van der Waals surface area contributed by atoms with Crippen molar-refractivity contribution in [2.24, 2.45) is 17.3 Å². The Bertz CT molecular complexity index is 1340. The molecule has 0 amide bonds. The predicted molar refractivity (Wildman–Crippen MR) is 146 cm³/mol. The molecule has 4 atom stereocenters. The molecule has 196 valence electrons. The summed E-state index contributed by atoms with van der Waals surface area (Å²) in [5.41, 5.74) is 2.80. The van der Waals surface area contributed by atoms with Gasteiger partial charge in [-0.05, 0) is 50.7 Å². The van der Waals surface area contributed by atoms with Crippen LogP contribution in [0, 0.1) is 36.3 Å². The number of ether oxygens (including phenoxy) is 2. The van der Waals surface area contributed by atoms with E-state index in [9.17, 15) is 14.8 Å². The fourth-order valence-corrected chi connectivity index (χ4v) is 7.25. The molecule has 0 N–H and O–H groups in total. The molecule has 1 spiro atoms. The van der Waals surface area contributed by atoms with Gasteiger partial charge in [-0.15, -0.1) is 0 Å². The zero-order valence-corrected chi connectivity index (χ0v) is 22.1. The van der Waals surface area contributed by atoms with Gasteiger partial charge in [0.1, 0.15) is 34.2 Å². The Morgan fingerprint density at radius 1 is 0.921 bits per heavy atom. The summed E-state index contributed by atoms with van der Waals surface area (Å²) in [5, 5.41) is 14.6. The van der Waals surface area contributed by atoms with Crippen LogP contribution in [0.5, 0.6) is 5.75 Å². The van der Waals surface area contributed by atoms with E-state index >= 15 is 0 Å². The van der Waals surface area contributed by atoms with Crippen LogP contribution >= 0.6 is 0 Å². The smallest absolute Gasteiger partial charge is 0.344 e. The van der Waals surface area contributed by atoms with Gasteiger partial charge in [-0.25, -0.2) is 4.79 Å². The number of rotatable bonds is 7. The molecule has 38 heavy (non-hydrogen) atoms. The molecule has 4 unspecified atom stereocenters. The van der Waals surface area contributed by atoms with Gasteiger partial charge in [0.2, 0.25) is 0 Å². The number of carbonyl (C=O) groups is 2. The maximum atomic E-state index is 14.6. The van der Waals surface area contributed by atoms with Crippen LogP contribution in [0.15, 0.2) is 72.8 Å². The number of esters is 1. The molecular weight excluding hydrogens is 478 g/mol. The van der Waals surface area contributed by atoms with E-state index in [0.717, 1.165) is 30.4 Å². The Hall–Kier alpha value is -3.48. The molecule has 3 aromatic rings. The first-order chi connectivity index (χ1) is 18.2. The highest BCUT2D eigenvalue weighted by atomic mass is 16.6. The fraction of sp³-hybridized carbons (Fsp3) is 0.375. The maximum absolute atomic E-state index is 14.6. The van der Waals surface area contributed by atoms with E-state index in [0.29, 0.717) is 35.0 Å². The molecule has 3 aromatic carbocycles. The molecule has 6 nitrogen and oxygen atoms in total. The molecule has 6 rings (SSSR count). The minimum absolute atomic E-state index is 0.0155. The van der Waals surface area contributed by atoms with Gasteiger partial charge in [0.25, 0.3) is 0 Å². The standard InChI is InChI=1S/C32H33NO5/c1-21-14-27(33(36,25-10-6-4-7-11-25)26-12-8-5-9-13-26)15-22(2)30(21)37-19-28(34)38-32-18-24-17-31(32,20-32)16-23(3)29(24)35/h4-15,23-24H,16-20H2,1-3H3. The summed E-state index contributed by atoms with van der Waals surface area (Å²) < 4.78 is 11.2. The van der Waals surface area contributed by atoms with Crippen molar-refractivity contribution >= 4 is 28.8 Å². The number of benzene rings is 3. The van der Waals surface area contributed by atoms with E-state index in [1.165, 1.54) is 0 Å². The second-order valence-corrected chi connectivity index (χ2v) is 11.5. The summed E-state index contributed by atoms with van der Waals surface area (Å²) >= 11 is 0. The fourth-order valence-electron chi connectivity index (χ4n) is 7.25. The topological polar surface area (TPSA) is 75.7 Å². The molecular formula is C32H33NO5. The van der Waals surface area contributed by atoms with Gasteiger partial charge in [0.05, 0.1) is 0 Å². The summed E-state index contributed by atoms with van der Waals surface area (Å²) in [6.45, 7) is 5.57. The molecule has 0 aromatic heterocycles. The Labute approximate surface area is 223 Å². The number of fused-ring (bicyclic) bond motifs is 1. The Morgan fingerprint density at radius 3 is 2.08 bits per heavy atom. The van der Waals surface area contributed by atoms with Crippen molar-refractivity contribution < 1.29 is 19.1 Å². The monoisotopic (exact) mass is 511 g/mol. The third kappa shape index (κ3) is 3.77. The maximum Gasteiger partial charge on any atom is 0.344 e. The minimum atomic E-state index is -0.741. The van der Waals surface area contributed by atoms with Crippen LogP contribution in [0.2, 0.25) is 0 Å². The second-order valence-electron chi connectivity index (χ2n) is 11.5. The van der Waals surface area contributed by atoms with Crippen molar-refractivity contribution in [3.05, 3.63) is 89.1 Å². The molecule has 0 aliphatic heterocycles. The van der Waals surface area contributed by atoms with E-state index in [4.69, 9.17) is 9.47 Å². The summed E-state index contributed by atoms with van der Waals surface area (Å²) in [6, 6.07) is 22.3. The van der Waals surface area contributed by atoms with Crippen molar-refractivity contribution in [3.8, 4) is 5.75 Å². The molecule has 0 radical (unpaired) electrons. The number of para-hydroxylation sites is 2. The van der Waals surface area contributed by atoms with Crippen LogP contribution in [0.25, 0.3) is 0 Å². The molecule has 3 fully saturated rings. The number of carbonyl (C=O) groups excluding carboxylic acids is 2. The number of hydrogen-bond acceptors (Lipinski definition) is 5. The van der Waals surface area contributed by atoms with Crippen LogP contribution in [-0.2, 0) is 14.3 Å². The van der Waals surface area contributed by atoms with Gasteiger partial charge in [0.15, 0.2) is 6.61 Å². The SMILES string of the molecule is Cc1cc([N+]([O-])(c2ccccc2)c2ccccc2)cc(C)c1OCC(=O)OC12CC3CC1(CC(C)C3=O)C2. The van der Waals surface area contributed by atoms with Crippen molar-refractivity contribution in [3.63, 3.8) is 0 Å². The summed E-state index contributed by atoms with van der Waals surface area (Å²) in [4.78, 5) is 25.3. The van der Waals surface area contributed by atoms with Gasteiger partial charge < -0.3 is 14.7 Å². The summed E-state index contributed by atoms with van der Waals surface area (Å²) in [7, 11) is 0. The van der Waals surface area contributed by atoms with Crippen molar-refractivity contribution in [2.75, 3.05) is 6.61 Å². The molecule has 6 heteroatoms. The number of nitrogens with zero attached hydrogens (tertiary/aromatic N) is 1. The minimum Gasteiger partial charge on any atom is -0.616 e. The highest BCUT2D eigenvalue weighted by Gasteiger charge is 2.77. The zero-order valence-electron chi connectivity index (χ0n) is 22.1. The lowest BCUT2D eigenvalue weighted by Gasteiger charge is -2.41. The highest BCUT2D eigenvalue weighted by Crippen LogP contribution is 2.75. The average molecular weight is 512 g/mol. The van der Waals surface area contributed by atoms with E-state index in [2.05, 4.69) is 0 Å². The first-order valence-corrected chi connectivity index (χ1v) is 13.4. The Balaban J connectivity index is 1.21. The molecule has 3 aliphatic rings. The number of Topliss-reactive ketones (excluding diaryl/α,β-unsaturated/α-hetero) is 1. The summed E-state index contributed by atoms with van der Waals surface area (Å²) in [5.74, 6) is 0.572. The lowest BCUT2D eigenvalue weighted by molar-refractivity contribution is -0.155. The Kier molecular flexibility index (Phi) is 5.74. The molecule has 3 aliphatic carbocycles. The normalized spacial score (nSPS) is 27.5. The van der Waals surface area contributed by atoms with Crippen molar-refractivity contribution in [2.45, 2.75) is 52.1 Å². The summed E-state index contributed by atoms with van der Waals surface area (Å²) in [6.07, 6.45) is 3.17. The van der Waals surface area contributed by atoms with Crippen LogP contribution in [0.3, 0.4) is 0 Å². The lowest BCUT2D eigenvalue weighted by Crippen LogP contribution is -2.31. The largest absolute Gasteiger partial charge is 0.616 e. The van der Waals surface area contributed by atoms with Crippen LogP contribution < -0.4 is 9.38 Å². The van der Waals surface area contributed by atoms with Crippen molar-refractivity contribution in [1.82, 2.24) is 4.65 Å². The predicted octanol–water partition coefficient (Wildman–Crippen LogP) is 6.84. The zero-order chi connectivity index (χ0) is 26.7. The van der Waals surface area contributed by atoms with E-state index in [1.54, 1.807) is 0 Å². The van der Waals surface area contributed by atoms with Gasteiger partial charge in [-0.1, -0.05) is 43.3 Å². The second kappa shape index (κ2) is 8.79. The molecule has 0 saturated heterocycles. The van der Waals surface area contributed by atoms with E-state index in [1.807, 2.05) is 93.6 Å². The van der Waals surface area contributed by atoms with Gasteiger partial charge in [0, 0.05) is 53.6 Å². The first-order valence-electron chi connectivity index (χ1n) is 13.4. The third-order valence-corrected chi connectivity index (χ3v) is 8.96. The molecule has 3 saturated carbocycles. The first kappa shape index (κ1) is 24.8. The number of quaternary nitrogens is 1. The van der Waals surface area contributed by atoms with Crippen LogP contribution in [0.1, 0.15) is 43.7 Å². The lowest BCUT2D eigenvalue weighted by atomic mass is 9.76. The number of hydrogen-bond donors (Lipinski definition) is 0. The van der Waals surface area contributed by atoms with Crippen molar-refractivity contribution in [1.29, 1.82) is 0 Å². The van der Waals surface area contributed by atoms with Gasteiger partial charge in [-0.3, -0.25) is 9.44 Å². The van der Waals surface area contributed by atoms with Crippen LogP contribution in [-0.4, -0.2) is 24.0 Å². The van der Waals surface area contributed by atoms with E-state index in [-0.39, 0.29) is 23.9 Å². The number of ketones is 1. The third-order valence-electron chi connectivity index (χ3n) is 8.96. The quantitative estimate of drug-likeness (QED) is 0.197. The Morgan fingerprint density at radius 2 is 1.50 bits per heavy atom. The molecule has 2 bridgehead atoms. The van der Waals surface area contributed by atoms with E-state index < -0.39 is 16.2 Å². The van der Waals surface area contributed by atoms with Crippen LogP contribution in [0.4, 0.5) is 17.1 Å². The number of aryl methyl sites for hydroxylation is 2.